The molecule has 2 bridgehead atoms. The molecule has 2 atom stereocenters. The predicted molar refractivity (Wildman–Crippen MR) is 99.6 cm³/mol. The van der Waals surface area contributed by atoms with Crippen LogP contribution >= 0.6 is 0 Å². The third-order valence-corrected chi connectivity index (χ3v) is 6.04. The minimum Gasteiger partial charge on any atom is -0.406 e. The molecule has 2 aliphatic rings. The van der Waals surface area contributed by atoms with E-state index in [-0.39, 0.29) is 17.6 Å². The van der Waals surface area contributed by atoms with Crippen LogP contribution in [0.4, 0.5) is 17.6 Å². The summed E-state index contributed by atoms with van der Waals surface area (Å²) in [5, 5.41) is 11.3. The first-order chi connectivity index (χ1) is 13.7. The Bertz CT molecular complexity index is 842. The zero-order valence-corrected chi connectivity index (χ0v) is 15.8. The van der Waals surface area contributed by atoms with Gasteiger partial charge in [-0.15, -0.1) is 13.2 Å². The van der Waals surface area contributed by atoms with Crippen LogP contribution in [-0.4, -0.2) is 28.5 Å². The highest BCUT2D eigenvalue weighted by molar-refractivity contribution is 5.34. The summed E-state index contributed by atoms with van der Waals surface area (Å²) < 4.78 is 55.6. The number of aliphatic hydroxyl groups is 1. The van der Waals surface area contributed by atoms with E-state index in [9.17, 15) is 22.7 Å². The summed E-state index contributed by atoms with van der Waals surface area (Å²) in [4.78, 5) is 2.38. The summed E-state index contributed by atoms with van der Waals surface area (Å²) in [6, 6.07) is 13.3. The van der Waals surface area contributed by atoms with E-state index < -0.39 is 23.5 Å². The van der Waals surface area contributed by atoms with Gasteiger partial charge >= 0.3 is 6.36 Å². The molecule has 2 heterocycles. The number of hydrogen-bond acceptors (Lipinski definition) is 3. The van der Waals surface area contributed by atoms with Crippen molar-refractivity contribution in [3.05, 3.63) is 65.5 Å². The van der Waals surface area contributed by atoms with Crippen molar-refractivity contribution < 1.29 is 27.4 Å². The van der Waals surface area contributed by atoms with Crippen molar-refractivity contribution in [2.75, 3.05) is 0 Å². The third kappa shape index (κ3) is 4.41. The van der Waals surface area contributed by atoms with E-state index in [1.807, 2.05) is 18.2 Å². The second kappa shape index (κ2) is 7.61. The maximum absolute atomic E-state index is 14.7. The van der Waals surface area contributed by atoms with Crippen LogP contribution in [0, 0.1) is 5.82 Å². The van der Waals surface area contributed by atoms with Gasteiger partial charge in [0, 0.05) is 30.3 Å². The number of halogens is 4. The van der Waals surface area contributed by atoms with Crippen LogP contribution < -0.4 is 4.74 Å². The van der Waals surface area contributed by atoms with E-state index in [2.05, 4.69) is 21.8 Å². The van der Waals surface area contributed by atoms with E-state index in [0.717, 1.165) is 31.9 Å². The highest BCUT2D eigenvalue weighted by atomic mass is 19.4. The molecule has 0 radical (unpaired) electrons. The molecular weight excluding hydrogens is 386 g/mol. The van der Waals surface area contributed by atoms with Gasteiger partial charge in [-0.05, 0) is 43.4 Å². The van der Waals surface area contributed by atoms with Crippen molar-refractivity contribution in [2.45, 2.75) is 62.7 Å². The van der Waals surface area contributed by atoms with Crippen molar-refractivity contribution in [3.8, 4) is 5.75 Å². The molecule has 2 fully saturated rings. The van der Waals surface area contributed by atoms with Crippen molar-refractivity contribution in [1.82, 2.24) is 4.90 Å². The molecule has 4 rings (SSSR count). The first-order valence-electron chi connectivity index (χ1n) is 9.81. The lowest BCUT2D eigenvalue weighted by atomic mass is 9.72. The maximum Gasteiger partial charge on any atom is 0.573 e. The van der Waals surface area contributed by atoms with Gasteiger partial charge in [-0.2, -0.15) is 0 Å². The molecular formula is C22H23F4NO2. The van der Waals surface area contributed by atoms with Crippen molar-refractivity contribution >= 4 is 0 Å². The standard InChI is InChI=1S/C22H23F4NO2/c23-20-11-18(29-22(24,25)26)9-10-19(20)21(28)12-16-7-4-8-17(13-21)27(16)14-15-5-2-1-3-6-15/h1-3,5-6,9-11,16-17,28H,4,7-8,12-14H2. The minimum absolute atomic E-state index is 0.0447. The molecule has 2 aliphatic heterocycles. The summed E-state index contributed by atoms with van der Waals surface area (Å²) in [6.45, 7) is 0.771. The number of benzene rings is 2. The Labute approximate surface area is 166 Å². The summed E-state index contributed by atoms with van der Waals surface area (Å²) in [7, 11) is 0. The van der Waals surface area contributed by atoms with Gasteiger partial charge < -0.3 is 9.84 Å². The van der Waals surface area contributed by atoms with Gasteiger partial charge in [0.05, 0.1) is 5.60 Å². The average Bonchev–Trinajstić information content (AvgIpc) is 2.62. The summed E-state index contributed by atoms with van der Waals surface area (Å²) in [5.74, 6) is -1.49. The summed E-state index contributed by atoms with van der Waals surface area (Å²) >= 11 is 0. The number of fused-ring (bicyclic) bond motifs is 2. The van der Waals surface area contributed by atoms with Crippen LogP contribution in [0.3, 0.4) is 0 Å². The van der Waals surface area contributed by atoms with Crippen LogP contribution in [-0.2, 0) is 12.1 Å². The van der Waals surface area contributed by atoms with Gasteiger partial charge in [0.2, 0.25) is 0 Å². The van der Waals surface area contributed by atoms with E-state index in [4.69, 9.17) is 0 Å². The van der Waals surface area contributed by atoms with Crippen molar-refractivity contribution in [2.24, 2.45) is 0 Å². The molecule has 0 aliphatic carbocycles. The number of rotatable bonds is 4. The van der Waals surface area contributed by atoms with Crippen LogP contribution in [0.5, 0.6) is 5.75 Å². The first kappa shape index (κ1) is 20.2. The Kier molecular flexibility index (Phi) is 5.29. The predicted octanol–water partition coefficient (Wildman–Crippen LogP) is 5.13. The fourth-order valence-corrected chi connectivity index (χ4v) is 4.86. The lowest BCUT2D eigenvalue weighted by Gasteiger charge is -2.52. The molecule has 0 aromatic heterocycles. The van der Waals surface area contributed by atoms with E-state index in [0.29, 0.717) is 18.9 Å². The number of ether oxygens (including phenoxy) is 1. The quantitative estimate of drug-likeness (QED) is 0.711. The molecule has 7 heteroatoms. The lowest BCUT2D eigenvalue weighted by Crippen LogP contribution is -2.56. The number of nitrogens with zero attached hydrogens (tertiary/aromatic N) is 1. The van der Waals surface area contributed by atoms with Gasteiger partial charge in [-0.1, -0.05) is 36.8 Å². The van der Waals surface area contributed by atoms with Crippen LogP contribution in [0.15, 0.2) is 48.5 Å². The Balaban J connectivity index is 1.55. The molecule has 3 nitrogen and oxygen atoms in total. The normalized spacial score (nSPS) is 27.6. The monoisotopic (exact) mass is 409 g/mol. The second-order valence-corrected chi connectivity index (χ2v) is 8.03. The van der Waals surface area contributed by atoms with Gasteiger partial charge in [-0.25, -0.2) is 4.39 Å². The zero-order valence-electron chi connectivity index (χ0n) is 15.8. The van der Waals surface area contributed by atoms with Crippen molar-refractivity contribution in [3.63, 3.8) is 0 Å². The molecule has 2 saturated heterocycles. The molecule has 2 aromatic rings. The third-order valence-electron chi connectivity index (χ3n) is 6.04. The van der Waals surface area contributed by atoms with Gasteiger partial charge in [0.25, 0.3) is 0 Å². The maximum atomic E-state index is 14.7. The molecule has 2 aromatic carbocycles. The Morgan fingerprint density at radius 1 is 1.03 bits per heavy atom. The number of piperidine rings is 2. The molecule has 2 unspecified atom stereocenters. The van der Waals surface area contributed by atoms with E-state index in [1.54, 1.807) is 0 Å². The number of hydrogen-bond donors (Lipinski definition) is 1. The SMILES string of the molecule is OC1(c2ccc(OC(F)(F)F)cc2F)CC2CCCC(C1)N2Cc1ccccc1. The van der Waals surface area contributed by atoms with Crippen LogP contribution in [0.2, 0.25) is 0 Å². The fraction of sp³-hybridized carbons (Fsp3) is 0.455. The smallest absolute Gasteiger partial charge is 0.406 e. The average molecular weight is 409 g/mol. The molecule has 0 amide bonds. The molecule has 1 N–H and O–H groups in total. The highest BCUT2D eigenvalue weighted by Crippen LogP contribution is 2.46. The molecule has 156 valence electrons. The largest absolute Gasteiger partial charge is 0.573 e. The fourth-order valence-electron chi connectivity index (χ4n) is 4.86. The van der Waals surface area contributed by atoms with Crippen LogP contribution in [0.1, 0.15) is 43.2 Å². The molecule has 0 spiro atoms. The van der Waals surface area contributed by atoms with Crippen LogP contribution in [0.25, 0.3) is 0 Å². The summed E-state index contributed by atoms with van der Waals surface area (Å²) in [5.41, 5.74) is -0.165. The first-order valence-corrected chi connectivity index (χ1v) is 9.81. The molecule has 0 saturated carbocycles. The molecule has 29 heavy (non-hydrogen) atoms. The Morgan fingerprint density at radius 2 is 1.69 bits per heavy atom. The Morgan fingerprint density at radius 3 is 2.28 bits per heavy atom. The minimum atomic E-state index is -4.88. The second-order valence-electron chi connectivity index (χ2n) is 8.03. The Hall–Kier alpha value is -2.12. The van der Waals surface area contributed by atoms with Crippen molar-refractivity contribution in [1.29, 1.82) is 0 Å². The summed E-state index contributed by atoms with van der Waals surface area (Å²) in [6.07, 6.45) is -1.31. The highest BCUT2D eigenvalue weighted by Gasteiger charge is 2.47. The van der Waals surface area contributed by atoms with Gasteiger partial charge in [0.15, 0.2) is 0 Å². The number of alkyl halides is 3. The topological polar surface area (TPSA) is 32.7 Å². The lowest BCUT2D eigenvalue weighted by molar-refractivity contribution is -0.274. The van der Waals surface area contributed by atoms with E-state index in [1.165, 1.54) is 11.6 Å². The van der Waals surface area contributed by atoms with Gasteiger partial charge in [0.1, 0.15) is 11.6 Å². The van der Waals surface area contributed by atoms with E-state index >= 15 is 0 Å². The van der Waals surface area contributed by atoms with Gasteiger partial charge in [-0.3, -0.25) is 4.90 Å². The zero-order chi connectivity index (χ0) is 20.6.